The number of amides is 1. The summed E-state index contributed by atoms with van der Waals surface area (Å²) in [5.41, 5.74) is 0.463. The largest absolute Gasteiger partial charge is 0.573 e. The van der Waals surface area contributed by atoms with Crippen LogP contribution in [-0.2, 0) is 0 Å². The molecule has 0 saturated heterocycles. The zero-order chi connectivity index (χ0) is 21.0. The van der Waals surface area contributed by atoms with E-state index in [-0.39, 0.29) is 17.3 Å². The molecule has 1 aromatic heterocycles. The molecule has 0 saturated carbocycles. The van der Waals surface area contributed by atoms with Crippen molar-refractivity contribution < 1.29 is 36.6 Å². The third-order valence-electron chi connectivity index (χ3n) is 3.67. The van der Waals surface area contributed by atoms with E-state index in [1.165, 1.54) is 24.3 Å². The molecule has 2 N–H and O–H groups in total. The Morgan fingerprint density at radius 3 is 2.34 bits per heavy atom. The summed E-state index contributed by atoms with van der Waals surface area (Å²) in [7, 11) is 0. The Morgan fingerprint density at radius 1 is 1.10 bits per heavy atom. The number of rotatable bonds is 6. The highest BCUT2D eigenvalue weighted by atomic mass is 19.4. The summed E-state index contributed by atoms with van der Waals surface area (Å²) in [4.78, 5) is 12.2. The number of alkyl halides is 3. The lowest BCUT2D eigenvalue weighted by molar-refractivity contribution is -0.274. The first-order valence-corrected chi connectivity index (χ1v) is 8.12. The standard InChI is InChI=1S/C18H13F4N3O4/c19-12-5-1-10(2-6-12)15(27)23-14(9-26)17-25-24-16(28-17)11-3-7-13(8-4-11)29-18(20,21)22/h1-8,14,26H,9H2,(H,23,27)/t14-/m0/s1. The van der Waals surface area contributed by atoms with Crippen LogP contribution in [0.2, 0.25) is 0 Å². The lowest BCUT2D eigenvalue weighted by atomic mass is 10.2. The second-order valence-electron chi connectivity index (χ2n) is 5.73. The van der Waals surface area contributed by atoms with Crippen LogP contribution in [0.25, 0.3) is 11.5 Å². The highest BCUT2D eigenvalue weighted by Gasteiger charge is 2.31. The molecule has 29 heavy (non-hydrogen) atoms. The first kappa shape index (κ1) is 20.3. The maximum Gasteiger partial charge on any atom is 0.573 e. The molecule has 0 aliphatic heterocycles. The van der Waals surface area contributed by atoms with Crippen LogP contribution in [0.4, 0.5) is 17.6 Å². The fourth-order valence-electron chi connectivity index (χ4n) is 2.32. The summed E-state index contributed by atoms with van der Waals surface area (Å²) in [6.07, 6.45) is -4.81. The number of carbonyl (C=O) groups is 1. The number of ether oxygens (including phenoxy) is 1. The predicted octanol–water partition coefficient (Wildman–Crippen LogP) is 3.24. The van der Waals surface area contributed by atoms with Gasteiger partial charge in [0.05, 0.1) is 6.61 Å². The normalized spacial score (nSPS) is 12.4. The van der Waals surface area contributed by atoms with Crippen LogP contribution in [0.3, 0.4) is 0 Å². The molecule has 0 aliphatic carbocycles. The molecule has 7 nitrogen and oxygen atoms in total. The third kappa shape index (κ3) is 5.29. The average Bonchev–Trinajstić information content (AvgIpc) is 3.15. The molecule has 11 heteroatoms. The number of nitrogens with one attached hydrogen (secondary N) is 1. The molecule has 152 valence electrons. The molecule has 3 aromatic rings. The molecule has 2 aromatic carbocycles. The van der Waals surface area contributed by atoms with Gasteiger partial charge in [-0.05, 0) is 48.5 Å². The van der Waals surface area contributed by atoms with E-state index in [0.717, 1.165) is 24.3 Å². The maximum atomic E-state index is 12.9. The van der Waals surface area contributed by atoms with Crippen molar-refractivity contribution in [1.29, 1.82) is 0 Å². The Balaban J connectivity index is 1.71. The number of hydrogen-bond acceptors (Lipinski definition) is 6. The molecular weight excluding hydrogens is 398 g/mol. The van der Waals surface area contributed by atoms with Gasteiger partial charge in [-0.15, -0.1) is 23.4 Å². The molecule has 3 rings (SSSR count). The van der Waals surface area contributed by atoms with Crippen LogP contribution >= 0.6 is 0 Å². The quantitative estimate of drug-likeness (QED) is 0.605. The van der Waals surface area contributed by atoms with E-state index in [4.69, 9.17) is 4.42 Å². The fraction of sp³-hybridized carbons (Fsp3) is 0.167. The van der Waals surface area contributed by atoms with Crippen molar-refractivity contribution in [1.82, 2.24) is 15.5 Å². The number of carbonyl (C=O) groups excluding carboxylic acids is 1. The average molecular weight is 411 g/mol. The van der Waals surface area contributed by atoms with Crippen LogP contribution in [0.1, 0.15) is 22.3 Å². The van der Waals surface area contributed by atoms with Gasteiger partial charge in [0.1, 0.15) is 17.6 Å². The lowest BCUT2D eigenvalue weighted by Crippen LogP contribution is -2.31. The van der Waals surface area contributed by atoms with E-state index in [2.05, 4.69) is 20.3 Å². The Hall–Kier alpha value is -3.47. The Morgan fingerprint density at radius 2 is 1.76 bits per heavy atom. The first-order valence-electron chi connectivity index (χ1n) is 8.12. The second kappa shape index (κ2) is 8.27. The summed E-state index contributed by atoms with van der Waals surface area (Å²) >= 11 is 0. The van der Waals surface area contributed by atoms with Gasteiger partial charge in [-0.25, -0.2) is 4.39 Å². The Bertz CT molecular complexity index is 972. The highest BCUT2D eigenvalue weighted by molar-refractivity contribution is 5.94. The third-order valence-corrected chi connectivity index (χ3v) is 3.67. The van der Waals surface area contributed by atoms with E-state index < -0.39 is 36.5 Å². The summed E-state index contributed by atoms with van der Waals surface area (Å²) < 4.78 is 58.7. The molecule has 0 fully saturated rings. The number of aliphatic hydroxyl groups excluding tert-OH is 1. The van der Waals surface area contributed by atoms with Crippen molar-refractivity contribution >= 4 is 5.91 Å². The molecule has 1 atom stereocenters. The van der Waals surface area contributed by atoms with Gasteiger partial charge in [-0.1, -0.05) is 0 Å². The Kier molecular flexibility index (Phi) is 5.78. The van der Waals surface area contributed by atoms with Gasteiger partial charge >= 0.3 is 6.36 Å². The zero-order valence-electron chi connectivity index (χ0n) is 14.5. The van der Waals surface area contributed by atoms with Gasteiger partial charge < -0.3 is 19.6 Å². The topological polar surface area (TPSA) is 97.5 Å². The summed E-state index contributed by atoms with van der Waals surface area (Å²) in [6.45, 7) is -0.563. The molecule has 1 amide bonds. The van der Waals surface area contributed by atoms with Crippen molar-refractivity contribution in [2.45, 2.75) is 12.4 Å². The first-order chi connectivity index (χ1) is 13.7. The van der Waals surface area contributed by atoms with Gasteiger partial charge in [-0.2, -0.15) is 0 Å². The maximum absolute atomic E-state index is 12.9. The molecule has 0 unspecified atom stereocenters. The number of aromatic nitrogens is 2. The van der Waals surface area contributed by atoms with Gasteiger partial charge in [0.25, 0.3) is 5.91 Å². The monoisotopic (exact) mass is 411 g/mol. The van der Waals surface area contributed by atoms with Crippen molar-refractivity contribution in [2.75, 3.05) is 6.61 Å². The van der Waals surface area contributed by atoms with Crippen LogP contribution in [0.5, 0.6) is 5.75 Å². The van der Waals surface area contributed by atoms with Crippen LogP contribution < -0.4 is 10.1 Å². The minimum atomic E-state index is -4.81. The Labute approximate surface area is 160 Å². The van der Waals surface area contributed by atoms with Crippen molar-refractivity contribution in [3.8, 4) is 17.2 Å². The smallest absolute Gasteiger partial charge is 0.418 e. The van der Waals surface area contributed by atoms with Crippen molar-refractivity contribution in [3.05, 3.63) is 65.8 Å². The molecular formula is C18H13F4N3O4. The molecule has 0 spiro atoms. The number of nitrogens with zero attached hydrogens (tertiary/aromatic N) is 2. The van der Waals surface area contributed by atoms with Gasteiger partial charge in [0.2, 0.25) is 11.8 Å². The van der Waals surface area contributed by atoms with Crippen molar-refractivity contribution in [3.63, 3.8) is 0 Å². The summed E-state index contributed by atoms with van der Waals surface area (Å²) in [6, 6.07) is 8.43. The predicted molar refractivity (Wildman–Crippen MR) is 90.1 cm³/mol. The summed E-state index contributed by atoms with van der Waals surface area (Å²) in [5, 5.41) is 19.5. The minimum absolute atomic E-state index is 0.0342. The minimum Gasteiger partial charge on any atom is -0.418 e. The van der Waals surface area contributed by atoms with Crippen LogP contribution in [0.15, 0.2) is 52.9 Å². The second-order valence-corrected chi connectivity index (χ2v) is 5.73. The van der Waals surface area contributed by atoms with E-state index in [9.17, 15) is 27.5 Å². The number of hydrogen-bond donors (Lipinski definition) is 2. The number of halogens is 4. The van der Waals surface area contributed by atoms with E-state index in [0.29, 0.717) is 5.56 Å². The SMILES string of the molecule is O=C(N[C@@H](CO)c1nnc(-c2ccc(OC(F)(F)F)cc2)o1)c1ccc(F)cc1. The van der Waals surface area contributed by atoms with Gasteiger partial charge in [0.15, 0.2) is 0 Å². The van der Waals surface area contributed by atoms with E-state index in [1.54, 1.807) is 0 Å². The van der Waals surface area contributed by atoms with Gasteiger partial charge in [-0.3, -0.25) is 4.79 Å². The van der Waals surface area contributed by atoms with Crippen LogP contribution in [0, 0.1) is 5.82 Å². The fourth-order valence-corrected chi connectivity index (χ4v) is 2.32. The highest BCUT2D eigenvalue weighted by Crippen LogP contribution is 2.26. The number of benzene rings is 2. The summed E-state index contributed by atoms with van der Waals surface area (Å²) in [5.74, 6) is -1.67. The van der Waals surface area contributed by atoms with Gasteiger partial charge in [0, 0.05) is 11.1 Å². The molecule has 0 aliphatic rings. The van der Waals surface area contributed by atoms with Crippen LogP contribution in [-0.4, -0.2) is 34.2 Å². The van der Waals surface area contributed by atoms with Crippen molar-refractivity contribution in [2.24, 2.45) is 0 Å². The zero-order valence-corrected chi connectivity index (χ0v) is 14.5. The molecule has 0 bridgehead atoms. The number of aliphatic hydroxyl groups is 1. The van der Waals surface area contributed by atoms with E-state index >= 15 is 0 Å². The lowest BCUT2D eigenvalue weighted by Gasteiger charge is -2.12. The molecule has 1 heterocycles. The van der Waals surface area contributed by atoms with E-state index in [1.807, 2.05) is 0 Å². The molecule has 0 radical (unpaired) electrons.